The molecular formula is C21H17FN4. The Morgan fingerprint density at radius 1 is 0.962 bits per heavy atom. The van der Waals surface area contributed by atoms with E-state index >= 15 is 0 Å². The Labute approximate surface area is 150 Å². The van der Waals surface area contributed by atoms with Crippen molar-refractivity contribution in [3.05, 3.63) is 72.4 Å². The molecule has 2 aromatic carbocycles. The highest BCUT2D eigenvalue weighted by atomic mass is 19.1. The molecule has 0 fully saturated rings. The van der Waals surface area contributed by atoms with Crippen molar-refractivity contribution >= 4 is 10.8 Å². The van der Waals surface area contributed by atoms with Crippen LogP contribution in [0.25, 0.3) is 33.2 Å². The fraction of sp³-hybridized carbons (Fsp3) is 0.143. The normalized spacial score (nSPS) is 13.7. The van der Waals surface area contributed by atoms with E-state index in [2.05, 4.69) is 15.0 Å². The van der Waals surface area contributed by atoms with Crippen LogP contribution in [0.15, 0.2) is 60.9 Å². The van der Waals surface area contributed by atoms with Gasteiger partial charge in [-0.05, 0) is 35.2 Å². The van der Waals surface area contributed by atoms with Crippen LogP contribution in [0.4, 0.5) is 4.39 Å². The molecule has 0 bridgehead atoms. The van der Waals surface area contributed by atoms with Crippen molar-refractivity contribution in [1.29, 1.82) is 0 Å². The van der Waals surface area contributed by atoms with Crippen LogP contribution < -0.4 is 5.32 Å². The maximum atomic E-state index is 14.3. The minimum atomic E-state index is -0.208. The van der Waals surface area contributed by atoms with Gasteiger partial charge in [-0.2, -0.15) is 5.10 Å². The fourth-order valence-corrected chi connectivity index (χ4v) is 3.73. The first-order chi connectivity index (χ1) is 12.8. The van der Waals surface area contributed by atoms with Gasteiger partial charge in [0.1, 0.15) is 11.5 Å². The molecule has 1 aliphatic rings. The van der Waals surface area contributed by atoms with E-state index in [-0.39, 0.29) is 5.82 Å². The molecule has 5 heteroatoms. The number of hydrogen-bond donors (Lipinski definition) is 1. The second-order valence-corrected chi connectivity index (χ2v) is 6.45. The lowest BCUT2D eigenvalue weighted by atomic mass is 9.95. The standard InChI is InChI=1S/C21H17FN4/c22-18-6-5-17(15-3-1-2-4-16(15)18)21-20(14-7-9-23-10-8-14)19-13-24-11-12-26(19)25-21/h1-10,24H,11-13H2. The summed E-state index contributed by atoms with van der Waals surface area (Å²) in [5.41, 5.74) is 5.18. The van der Waals surface area contributed by atoms with E-state index in [4.69, 9.17) is 5.10 Å². The van der Waals surface area contributed by atoms with Gasteiger partial charge in [0.2, 0.25) is 0 Å². The molecule has 0 radical (unpaired) electrons. The third-order valence-electron chi connectivity index (χ3n) is 4.95. The van der Waals surface area contributed by atoms with Gasteiger partial charge >= 0.3 is 0 Å². The number of fused-ring (bicyclic) bond motifs is 2. The Morgan fingerprint density at radius 2 is 1.77 bits per heavy atom. The van der Waals surface area contributed by atoms with Crippen LogP contribution in [-0.4, -0.2) is 21.3 Å². The van der Waals surface area contributed by atoms with Gasteiger partial charge in [-0.1, -0.05) is 24.3 Å². The predicted octanol–water partition coefficient (Wildman–Crippen LogP) is 4.01. The van der Waals surface area contributed by atoms with Crippen molar-refractivity contribution in [1.82, 2.24) is 20.1 Å². The molecule has 26 heavy (non-hydrogen) atoms. The second-order valence-electron chi connectivity index (χ2n) is 6.45. The van der Waals surface area contributed by atoms with Gasteiger partial charge in [0, 0.05) is 42.0 Å². The first-order valence-electron chi connectivity index (χ1n) is 8.71. The maximum Gasteiger partial charge on any atom is 0.131 e. The lowest BCUT2D eigenvalue weighted by Gasteiger charge is -2.16. The number of pyridine rings is 1. The Morgan fingerprint density at radius 3 is 2.62 bits per heavy atom. The van der Waals surface area contributed by atoms with Gasteiger partial charge in [0.05, 0.1) is 12.2 Å². The summed E-state index contributed by atoms with van der Waals surface area (Å²) in [6.07, 6.45) is 3.59. The van der Waals surface area contributed by atoms with Gasteiger partial charge in [-0.3, -0.25) is 9.67 Å². The summed E-state index contributed by atoms with van der Waals surface area (Å²) in [5.74, 6) is -0.208. The van der Waals surface area contributed by atoms with E-state index < -0.39 is 0 Å². The van der Waals surface area contributed by atoms with Crippen molar-refractivity contribution in [3.63, 3.8) is 0 Å². The third kappa shape index (κ3) is 2.32. The van der Waals surface area contributed by atoms with Crippen molar-refractivity contribution in [2.24, 2.45) is 0 Å². The quantitative estimate of drug-likeness (QED) is 0.597. The minimum Gasteiger partial charge on any atom is -0.309 e. The summed E-state index contributed by atoms with van der Waals surface area (Å²) in [5, 5.41) is 9.84. The molecule has 1 N–H and O–H groups in total. The van der Waals surface area contributed by atoms with Crippen LogP contribution in [0.1, 0.15) is 5.69 Å². The number of aromatic nitrogens is 3. The Hall–Kier alpha value is -3.05. The number of nitrogens with zero attached hydrogens (tertiary/aromatic N) is 3. The fourth-order valence-electron chi connectivity index (χ4n) is 3.73. The average molecular weight is 344 g/mol. The molecule has 4 nitrogen and oxygen atoms in total. The zero-order valence-corrected chi connectivity index (χ0v) is 14.1. The summed E-state index contributed by atoms with van der Waals surface area (Å²) in [6.45, 7) is 2.49. The molecule has 0 amide bonds. The monoisotopic (exact) mass is 344 g/mol. The molecule has 0 saturated heterocycles. The van der Waals surface area contributed by atoms with E-state index in [1.807, 2.05) is 42.5 Å². The third-order valence-corrected chi connectivity index (χ3v) is 4.95. The molecule has 0 aliphatic carbocycles. The van der Waals surface area contributed by atoms with Crippen LogP contribution in [0, 0.1) is 5.82 Å². The van der Waals surface area contributed by atoms with Crippen molar-refractivity contribution < 1.29 is 4.39 Å². The van der Waals surface area contributed by atoms with Gasteiger partial charge < -0.3 is 5.32 Å². The lowest BCUT2D eigenvalue weighted by Crippen LogP contribution is -2.28. The highest BCUT2D eigenvalue weighted by molar-refractivity contribution is 5.99. The van der Waals surface area contributed by atoms with Crippen LogP contribution in [0.3, 0.4) is 0 Å². The molecule has 0 saturated carbocycles. The Kier molecular flexibility index (Phi) is 3.53. The molecule has 0 unspecified atom stereocenters. The summed E-state index contributed by atoms with van der Waals surface area (Å²) < 4.78 is 16.4. The number of halogens is 1. The number of hydrogen-bond acceptors (Lipinski definition) is 3. The van der Waals surface area contributed by atoms with Crippen molar-refractivity contribution in [2.75, 3.05) is 6.54 Å². The summed E-state index contributed by atoms with van der Waals surface area (Å²) >= 11 is 0. The van der Waals surface area contributed by atoms with E-state index in [1.165, 1.54) is 6.07 Å². The average Bonchev–Trinajstić information content (AvgIpc) is 3.08. The van der Waals surface area contributed by atoms with Gasteiger partial charge in [0.25, 0.3) is 0 Å². The Balaban J connectivity index is 1.84. The van der Waals surface area contributed by atoms with Crippen LogP contribution >= 0.6 is 0 Å². The zero-order valence-electron chi connectivity index (χ0n) is 14.1. The molecule has 1 aliphatic heterocycles. The maximum absolute atomic E-state index is 14.3. The number of nitrogens with one attached hydrogen (secondary N) is 1. The highest BCUT2D eigenvalue weighted by Gasteiger charge is 2.23. The minimum absolute atomic E-state index is 0.208. The van der Waals surface area contributed by atoms with E-state index in [1.54, 1.807) is 12.4 Å². The van der Waals surface area contributed by atoms with Crippen LogP contribution in [-0.2, 0) is 13.1 Å². The zero-order chi connectivity index (χ0) is 17.5. The van der Waals surface area contributed by atoms with Crippen LogP contribution in [0.5, 0.6) is 0 Å². The summed E-state index contributed by atoms with van der Waals surface area (Å²) in [7, 11) is 0. The van der Waals surface area contributed by atoms with Gasteiger partial charge in [-0.25, -0.2) is 4.39 Å². The Bertz CT molecular complexity index is 1100. The summed E-state index contributed by atoms with van der Waals surface area (Å²) in [6, 6.07) is 15.0. The number of benzene rings is 2. The molecule has 0 spiro atoms. The lowest BCUT2D eigenvalue weighted by molar-refractivity contribution is 0.477. The van der Waals surface area contributed by atoms with E-state index in [0.717, 1.165) is 53.1 Å². The van der Waals surface area contributed by atoms with E-state index in [0.29, 0.717) is 5.39 Å². The van der Waals surface area contributed by atoms with Crippen LogP contribution in [0.2, 0.25) is 0 Å². The first-order valence-corrected chi connectivity index (χ1v) is 8.71. The molecule has 3 heterocycles. The molecule has 2 aromatic heterocycles. The SMILES string of the molecule is Fc1ccc(-c2nn3c(c2-c2ccncc2)CNCC3)c2ccccc12. The molecule has 4 aromatic rings. The molecule has 5 rings (SSSR count). The second kappa shape index (κ2) is 6.04. The summed E-state index contributed by atoms with van der Waals surface area (Å²) in [4.78, 5) is 4.14. The van der Waals surface area contributed by atoms with Crippen molar-refractivity contribution in [2.45, 2.75) is 13.1 Å². The smallest absolute Gasteiger partial charge is 0.131 e. The first kappa shape index (κ1) is 15.2. The van der Waals surface area contributed by atoms with Gasteiger partial charge in [-0.15, -0.1) is 0 Å². The van der Waals surface area contributed by atoms with Crippen molar-refractivity contribution in [3.8, 4) is 22.4 Å². The molecular weight excluding hydrogens is 327 g/mol. The highest BCUT2D eigenvalue weighted by Crippen LogP contribution is 2.38. The number of rotatable bonds is 2. The predicted molar refractivity (Wildman–Crippen MR) is 100 cm³/mol. The molecule has 0 atom stereocenters. The topological polar surface area (TPSA) is 42.7 Å². The van der Waals surface area contributed by atoms with Gasteiger partial charge in [0.15, 0.2) is 0 Å². The van der Waals surface area contributed by atoms with E-state index in [9.17, 15) is 4.39 Å². The largest absolute Gasteiger partial charge is 0.309 e. The molecule has 128 valence electrons.